The van der Waals surface area contributed by atoms with Gasteiger partial charge in [0.1, 0.15) is 5.75 Å². The summed E-state index contributed by atoms with van der Waals surface area (Å²) >= 11 is 0. The molecule has 1 amide bonds. The molecule has 15 heavy (non-hydrogen) atoms. The summed E-state index contributed by atoms with van der Waals surface area (Å²) in [5.74, 6) is -0.00361. The van der Waals surface area contributed by atoms with Crippen molar-refractivity contribution in [3.63, 3.8) is 0 Å². The van der Waals surface area contributed by atoms with Crippen molar-refractivity contribution in [2.75, 3.05) is 6.54 Å². The summed E-state index contributed by atoms with van der Waals surface area (Å²) in [7, 11) is 0. The zero-order chi connectivity index (χ0) is 10.8. The lowest BCUT2D eigenvalue weighted by molar-refractivity contribution is 0.0751. The number of amides is 1. The predicted molar refractivity (Wildman–Crippen MR) is 55.6 cm³/mol. The Bertz CT molecular complexity index is 375. The van der Waals surface area contributed by atoms with Gasteiger partial charge in [-0.05, 0) is 25.8 Å². The number of nitrogens with zero attached hydrogens (tertiary/aromatic N) is 2. The van der Waals surface area contributed by atoms with Crippen LogP contribution in [0.2, 0.25) is 0 Å². The number of aromatic hydroxyl groups is 1. The first-order valence-electron chi connectivity index (χ1n) is 5.17. The van der Waals surface area contributed by atoms with Gasteiger partial charge in [-0.25, -0.2) is 0 Å². The Hall–Kier alpha value is -1.58. The second-order valence-corrected chi connectivity index (χ2v) is 3.75. The highest BCUT2D eigenvalue weighted by Crippen LogP contribution is 2.28. The maximum atomic E-state index is 12.0. The van der Waals surface area contributed by atoms with Crippen LogP contribution < -0.4 is 0 Å². The summed E-state index contributed by atoms with van der Waals surface area (Å²) < 4.78 is 0. The fraction of sp³-hybridized carbons (Fsp3) is 0.455. The third-order valence-corrected chi connectivity index (χ3v) is 2.56. The van der Waals surface area contributed by atoms with E-state index in [1.54, 1.807) is 0 Å². The zero-order valence-electron chi connectivity index (χ0n) is 8.68. The third-order valence-electron chi connectivity index (χ3n) is 2.56. The van der Waals surface area contributed by atoms with E-state index in [1.165, 1.54) is 18.5 Å². The molecule has 1 fully saturated rings. The SMILES string of the molecule is CCN(C(=O)c1cncc(O)c1)C1CC1. The summed E-state index contributed by atoms with van der Waals surface area (Å²) in [6, 6.07) is 1.85. The van der Waals surface area contributed by atoms with Gasteiger partial charge >= 0.3 is 0 Å². The van der Waals surface area contributed by atoms with E-state index < -0.39 is 0 Å². The summed E-state index contributed by atoms with van der Waals surface area (Å²) in [6.45, 7) is 2.67. The predicted octanol–water partition coefficient (Wildman–Crippen LogP) is 1.41. The molecule has 1 N–H and O–H groups in total. The largest absolute Gasteiger partial charge is 0.506 e. The number of carbonyl (C=O) groups is 1. The van der Waals surface area contributed by atoms with Gasteiger partial charge in [0.2, 0.25) is 0 Å². The molecule has 0 unspecified atom stereocenters. The molecule has 0 aromatic carbocycles. The number of rotatable bonds is 3. The van der Waals surface area contributed by atoms with E-state index in [9.17, 15) is 9.90 Å². The van der Waals surface area contributed by atoms with Gasteiger partial charge in [0.25, 0.3) is 5.91 Å². The van der Waals surface area contributed by atoms with Crippen LogP contribution in [0, 0.1) is 0 Å². The van der Waals surface area contributed by atoms with E-state index in [2.05, 4.69) is 4.98 Å². The minimum atomic E-state index is -0.0385. The highest BCUT2D eigenvalue weighted by atomic mass is 16.3. The summed E-state index contributed by atoms with van der Waals surface area (Å²) in [5, 5.41) is 9.24. The summed E-state index contributed by atoms with van der Waals surface area (Å²) in [4.78, 5) is 17.6. The van der Waals surface area contributed by atoms with E-state index in [-0.39, 0.29) is 11.7 Å². The van der Waals surface area contributed by atoms with Crippen molar-refractivity contribution in [1.29, 1.82) is 0 Å². The van der Waals surface area contributed by atoms with Crippen molar-refractivity contribution >= 4 is 5.91 Å². The van der Waals surface area contributed by atoms with Gasteiger partial charge in [0, 0.05) is 18.8 Å². The van der Waals surface area contributed by atoms with Crippen LogP contribution >= 0.6 is 0 Å². The molecule has 0 atom stereocenters. The van der Waals surface area contributed by atoms with Gasteiger partial charge in [-0.2, -0.15) is 0 Å². The average molecular weight is 206 g/mol. The molecule has 1 aliphatic rings. The first kappa shape index (κ1) is 9.96. The van der Waals surface area contributed by atoms with Crippen LogP contribution in [0.4, 0.5) is 0 Å². The van der Waals surface area contributed by atoms with Crippen LogP contribution in [0.25, 0.3) is 0 Å². The van der Waals surface area contributed by atoms with Crippen LogP contribution in [0.5, 0.6) is 5.75 Å². The molecule has 0 bridgehead atoms. The third kappa shape index (κ3) is 2.09. The highest BCUT2D eigenvalue weighted by Gasteiger charge is 2.31. The lowest BCUT2D eigenvalue weighted by atomic mass is 10.2. The molecule has 0 aliphatic heterocycles. The van der Waals surface area contributed by atoms with Gasteiger partial charge in [-0.1, -0.05) is 0 Å². The number of pyridine rings is 1. The Balaban J connectivity index is 2.18. The van der Waals surface area contributed by atoms with Crippen molar-refractivity contribution in [3.05, 3.63) is 24.0 Å². The maximum absolute atomic E-state index is 12.0. The van der Waals surface area contributed by atoms with E-state index in [1.807, 2.05) is 11.8 Å². The fourth-order valence-corrected chi connectivity index (χ4v) is 1.66. The normalized spacial score (nSPS) is 15.0. The maximum Gasteiger partial charge on any atom is 0.255 e. The molecule has 80 valence electrons. The topological polar surface area (TPSA) is 53.4 Å². The first-order valence-corrected chi connectivity index (χ1v) is 5.17. The molecule has 2 rings (SSSR count). The Morgan fingerprint density at radius 2 is 2.33 bits per heavy atom. The van der Waals surface area contributed by atoms with Gasteiger partial charge in [-0.3, -0.25) is 9.78 Å². The molecule has 1 aromatic heterocycles. The Morgan fingerprint density at radius 3 is 2.87 bits per heavy atom. The first-order chi connectivity index (χ1) is 7.22. The van der Waals surface area contributed by atoms with Crippen LogP contribution in [0.15, 0.2) is 18.5 Å². The van der Waals surface area contributed by atoms with E-state index >= 15 is 0 Å². The lowest BCUT2D eigenvalue weighted by Crippen LogP contribution is -2.32. The minimum Gasteiger partial charge on any atom is -0.506 e. The van der Waals surface area contributed by atoms with Crippen LogP contribution in [0.1, 0.15) is 30.1 Å². The van der Waals surface area contributed by atoms with Crippen molar-refractivity contribution in [3.8, 4) is 5.75 Å². The Morgan fingerprint density at radius 1 is 1.60 bits per heavy atom. The molecule has 0 radical (unpaired) electrons. The molecular formula is C11H14N2O2. The standard InChI is InChI=1S/C11H14N2O2/c1-2-13(9-3-4-9)11(15)8-5-10(14)7-12-6-8/h5-7,9,14H,2-4H2,1H3. The van der Waals surface area contributed by atoms with Gasteiger partial charge in [0.15, 0.2) is 0 Å². The van der Waals surface area contributed by atoms with Crippen LogP contribution in [-0.2, 0) is 0 Å². The van der Waals surface area contributed by atoms with Crippen molar-refractivity contribution in [2.24, 2.45) is 0 Å². The molecule has 0 spiro atoms. The molecule has 4 nitrogen and oxygen atoms in total. The van der Waals surface area contributed by atoms with Crippen molar-refractivity contribution in [1.82, 2.24) is 9.88 Å². The number of hydrogen-bond donors (Lipinski definition) is 1. The van der Waals surface area contributed by atoms with Crippen LogP contribution in [0.3, 0.4) is 0 Å². The van der Waals surface area contributed by atoms with Crippen molar-refractivity contribution in [2.45, 2.75) is 25.8 Å². The van der Waals surface area contributed by atoms with Gasteiger partial charge in [0.05, 0.1) is 11.8 Å². The van der Waals surface area contributed by atoms with E-state index in [0.717, 1.165) is 12.8 Å². The lowest BCUT2D eigenvalue weighted by Gasteiger charge is -2.20. The average Bonchev–Trinajstić information content (AvgIpc) is 3.03. The molecular weight excluding hydrogens is 192 g/mol. The van der Waals surface area contributed by atoms with Crippen LogP contribution in [-0.4, -0.2) is 33.5 Å². The Labute approximate surface area is 88.6 Å². The zero-order valence-corrected chi connectivity index (χ0v) is 8.68. The molecule has 1 heterocycles. The minimum absolute atomic E-state index is 0.0349. The quantitative estimate of drug-likeness (QED) is 0.813. The number of aromatic nitrogens is 1. The highest BCUT2D eigenvalue weighted by molar-refractivity contribution is 5.94. The molecule has 0 saturated heterocycles. The van der Waals surface area contributed by atoms with Gasteiger partial charge in [-0.15, -0.1) is 0 Å². The molecule has 1 aromatic rings. The summed E-state index contributed by atoms with van der Waals surface area (Å²) in [6.07, 6.45) is 4.99. The molecule has 1 aliphatic carbocycles. The smallest absolute Gasteiger partial charge is 0.255 e. The second kappa shape index (κ2) is 3.88. The monoisotopic (exact) mass is 206 g/mol. The number of hydrogen-bond acceptors (Lipinski definition) is 3. The van der Waals surface area contributed by atoms with Gasteiger partial charge < -0.3 is 10.0 Å². The molecule has 1 saturated carbocycles. The Kier molecular flexibility index (Phi) is 2.58. The van der Waals surface area contributed by atoms with E-state index in [4.69, 9.17) is 0 Å². The van der Waals surface area contributed by atoms with E-state index in [0.29, 0.717) is 18.2 Å². The number of carbonyl (C=O) groups excluding carboxylic acids is 1. The van der Waals surface area contributed by atoms with Crippen molar-refractivity contribution < 1.29 is 9.90 Å². The second-order valence-electron chi connectivity index (χ2n) is 3.75. The summed E-state index contributed by atoms with van der Waals surface area (Å²) in [5.41, 5.74) is 0.462. The molecule has 4 heteroatoms. The fourth-order valence-electron chi connectivity index (χ4n) is 1.66.